The molecule has 0 radical (unpaired) electrons. The van der Waals surface area contributed by atoms with Crippen molar-refractivity contribution in [3.8, 4) is 0 Å². The molecule has 0 spiro atoms. The van der Waals surface area contributed by atoms with Gasteiger partial charge < -0.3 is 19.5 Å². The number of rotatable bonds is 5. The first-order valence-corrected chi connectivity index (χ1v) is 6.56. The van der Waals surface area contributed by atoms with Crippen LogP contribution in [0.1, 0.15) is 6.42 Å². The lowest BCUT2D eigenvalue weighted by molar-refractivity contribution is -0.202. The lowest BCUT2D eigenvalue weighted by Gasteiger charge is -2.28. The third kappa shape index (κ3) is 3.61. The minimum Gasteiger partial charge on any atom is -0.480 e. The van der Waals surface area contributed by atoms with Crippen molar-refractivity contribution in [2.45, 2.75) is 24.4 Å². The number of hydrogen-bond acceptors (Lipinski definition) is 5. The molecule has 1 aliphatic rings. The highest BCUT2D eigenvalue weighted by Crippen LogP contribution is 2.35. The van der Waals surface area contributed by atoms with Crippen molar-refractivity contribution in [1.29, 1.82) is 0 Å². The van der Waals surface area contributed by atoms with Crippen LogP contribution in [0.5, 0.6) is 0 Å². The number of nitrogens with zero attached hydrogens (tertiary/aromatic N) is 1. The molecule has 1 aliphatic heterocycles. The number of halogens is 3. The molecular formula is C11H16F3NO5S. The zero-order chi connectivity index (χ0) is 16.4. The molecule has 10 heteroatoms. The van der Waals surface area contributed by atoms with Crippen molar-refractivity contribution in [1.82, 2.24) is 4.90 Å². The molecule has 0 aromatic carbocycles. The maximum Gasteiger partial charge on any atom is 0.401 e. The van der Waals surface area contributed by atoms with Gasteiger partial charge in [-0.2, -0.15) is 25.8 Å². The molecule has 0 aromatic heterocycles. The van der Waals surface area contributed by atoms with Gasteiger partial charge in [0.2, 0.25) is 5.91 Å². The van der Waals surface area contributed by atoms with Gasteiger partial charge in [0.25, 0.3) is 0 Å². The third-order valence-electron chi connectivity index (χ3n) is 3.48. The van der Waals surface area contributed by atoms with Gasteiger partial charge in [0.1, 0.15) is 12.0 Å². The summed E-state index contributed by atoms with van der Waals surface area (Å²) >= 11 is 3.53. The van der Waals surface area contributed by atoms with E-state index in [2.05, 4.69) is 12.6 Å². The van der Waals surface area contributed by atoms with Crippen LogP contribution in [0.25, 0.3) is 0 Å². The van der Waals surface area contributed by atoms with Crippen LogP contribution in [-0.4, -0.2) is 66.4 Å². The van der Waals surface area contributed by atoms with Crippen molar-refractivity contribution >= 4 is 24.5 Å². The van der Waals surface area contributed by atoms with Crippen LogP contribution in [-0.2, 0) is 19.1 Å². The Kier molecular flexibility index (Phi) is 5.51. The average molecular weight is 331 g/mol. The fraction of sp³-hybridized carbons (Fsp3) is 0.818. The maximum atomic E-state index is 12.8. The smallest absolute Gasteiger partial charge is 0.401 e. The van der Waals surface area contributed by atoms with E-state index < -0.39 is 48.1 Å². The van der Waals surface area contributed by atoms with Crippen LogP contribution < -0.4 is 0 Å². The zero-order valence-corrected chi connectivity index (χ0v) is 12.3. The van der Waals surface area contributed by atoms with Crippen molar-refractivity contribution in [2.24, 2.45) is 5.92 Å². The number of likely N-dealkylation sites (tertiary alicyclic amines) is 1. The molecule has 0 aliphatic carbocycles. The summed E-state index contributed by atoms with van der Waals surface area (Å²) in [4.78, 5) is 23.9. The van der Waals surface area contributed by atoms with E-state index in [1.54, 1.807) is 0 Å². The molecule has 21 heavy (non-hydrogen) atoms. The van der Waals surface area contributed by atoms with Gasteiger partial charge in [-0.25, -0.2) is 4.79 Å². The maximum absolute atomic E-state index is 12.8. The van der Waals surface area contributed by atoms with Crippen LogP contribution in [0.15, 0.2) is 0 Å². The quantitative estimate of drug-likeness (QED) is 0.575. The second-order valence-electron chi connectivity index (χ2n) is 4.62. The van der Waals surface area contributed by atoms with E-state index in [1.165, 1.54) is 14.2 Å². The summed E-state index contributed by atoms with van der Waals surface area (Å²) in [5.74, 6) is -7.32. The predicted molar refractivity (Wildman–Crippen MR) is 67.9 cm³/mol. The molecule has 1 rings (SSSR count). The molecule has 2 atom stereocenters. The van der Waals surface area contributed by atoms with E-state index in [0.29, 0.717) is 4.90 Å². The largest absolute Gasteiger partial charge is 0.480 e. The van der Waals surface area contributed by atoms with Crippen LogP contribution in [0.2, 0.25) is 0 Å². The Hall–Kier alpha value is -1.00. The minimum atomic E-state index is -4.80. The summed E-state index contributed by atoms with van der Waals surface area (Å²) in [5.41, 5.74) is 0. The molecule has 0 bridgehead atoms. The Labute approximate surface area is 124 Å². The van der Waals surface area contributed by atoms with Crippen LogP contribution >= 0.6 is 12.6 Å². The van der Waals surface area contributed by atoms with Gasteiger partial charge in [-0.15, -0.1) is 0 Å². The Morgan fingerprint density at radius 2 is 1.95 bits per heavy atom. The number of thiol groups is 1. The third-order valence-corrected chi connectivity index (χ3v) is 3.84. The first-order chi connectivity index (χ1) is 9.61. The summed E-state index contributed by atoms with van der Waals surface area (Å²) in [6, 6.07) is -1.44. The molecule has 122 valence electrons. The van der Waals surface area contributed by atoms with Gasteiger partial charge in [0.05, 0.1) is 6.54 Å². The molecule has 1 heterocycles. The Morgan fingerprint density at radius 1 is 1.43 bits per heavy atom. The van der Waals surface area contributed by atoms with Crippen molar-refractivity contribution in [2.75, 3.05) is 26.5 Å². The Balaban J connectivity index is 3.08. The van der Waals surface area contributed by atoms with E-state index >= 15 is 0 Å². The second kappa shape index (κ2) is 6.41. The lowest BCUT2D eigenvalue weighted by atomic mass is 10.1. The number of carboxylic acids is 1. The molecular weight excluding hydrogens is 315 g/mol. The van der Waals surface area contributed by atoms with Gasteiger partial charge in [-0.3, -0.25) is 4.79 Å². The molecule has 0 saturated carbocycles. The van der Waals surface area contributed by atoms with Crippen molar-refractivity contribution in [3.63, 3.8) is 0 Å². The summed E-state index contributed by atoms with van der Waals surface area (Å²) < 4.78 is 48.5. The Morgan fingerprint density at radius 3 is 2.29 bits per heavy atom. The van der Waals surface area contributed by atoms with E-state index in [4.69, 9.17) is 14.6 Å². The number of carbonyl (C=O) groups excluding carboxylic acids is 1. The second-order valence-corrected chi connectivity index (χ2v) is 4.99. The Bertz CT molecular complexity index is 413. The van der Waals surface area contributed by atoms with Crippen molar-refractivity contribution < 1.29 is 37.3 Å². The number of methoxy groups -OCH3 is 2. The number of carbonyl (C=O) groups is 2. The molecule has 0 aromatic rings. The van der Waals surface area contributed by atoms with Gasteiger partial charge >= 0.3 is 12.1 Å². The van der Waals surface area contributed by atoms with Crippen LogP contribution in [0.4, 0.5) is 13.2 Å². The molecule has 1 N–H and O–H groups in total. The minimum absolute atomic E-state index is 0.252. The number of ether oxygens (including phenoxy) is 2. The topological polar surface area (TPSA) is 76.1 Å². The van der Waals surface area contributed by atoms with E-state index in [1.807, 2.05) is 0 Å². The normalized spacial score (nSPS) is 23.1. The molecule has 1 fully saturated rings. The molecule has 6 nitrogen and oxygen atoms in total. The highest BCUT2D eigenvalue weighted by Gasteiger charge is 2.54. The van der Waals surface area contributed by atoms with Gasteiger partial charge in [0.15, 0.2) is 5.79 Å². The standard InChI is InChI=1S/C11H16F3NO5S/c1-19-10(20-2)3-7(9(17)18)15(5-10)8(16)6(4-21)11(12,13)14/h6-7,21H,3-5H2,1-2H3,(H,17,18)/t6?,7-/m0/s1. The van der Waals surface area contributed by atoms with E-state index in [0.717, 1.165) is 0 Å². The molecule has 1 unspecified atom stereocenters. The summed E-state index contributed by atoms with van der Waals surface area (Å²) in [5, 5.41) is 9.11. The fourth-order valence-corrected chi connectivity index (χ4v) is 2.56. The first kappa shape index (κ1) is 18.1. The monoisotopic (exact) mass is 331 g/mol. The lowest BCUT2D eigenvalue weighted by Crippen LogP contribution is -2.48. The zero-order valence-electron chi connectivity index (χ0n) is 11.4. The number of amides is 1. The average Bonchev–Trinajstić information content (AvgIpc) is 2.78. The number of alkyl halides is 3. The van der Waals surface area contributed by atoms with Crippen molar-refractivity contribution in [3.05, 3.63) is 0 Å². The van der Waals surface area contributed by atoms with Crippen LogP contribution in [0.3, 0.4) is 0 Å². The predicted octanol–water partition coefficient (Wildman–Crippen LogP) is 0.769. The first-order valence-electron chi connectivity index (χ1n) is 5.93. The highest BCUT2D eigenvalue weighted by molar-refractivity contribution is 7.80. The summed E-state index contributed by atoms with van der Waals surface area (Å²) in [7, 11) is 2.46. The molecule has 1 saturated heterocycles. The fourth-order valence-electron chi connectivity index (χ4n) is 2.19. The number of hydrogen-bond donors (Lipinski definition) is 2. The highest BCUT2D eigenvalue weighted by atomic mass is 32.1. The van der Waals surface area contributed by atoms with Crippen LogP contribution in [0, 0.1) is 5.92 Å². The number of carboxylic acid groups (broad SMARTS) is 1. The van der Waals surface area contributed by atoms with Gasteiger partial charge in [-0.1, -0.05) is 0 Å². The van der Waals surface area contributed by atoms with Gasteiger partial charge in [-0.05, 0) is 0 Å². The summed E-state index contributed by atoms with van der Waals surface area (Å²) in [6.45, 7) is -0.393. The SMILES string of the molecule is COC1(OC)C[C@@H](C(=O)O)N(C(=O)C(CS)C(F)(F)F)C1. The van der Waals surface area contributed by atoms with Gasteiger partial charge in [0, 0.05) is 26.4 Å². The number of aliphatic carboxylic acids is 1. The molecule has 1 amide bonds. The summed E-state index contributed by atoms with van der Waals surface area (Å²) in [6.07, 6.45) is -5.05. The van der Waals surface area contributed by atoms with E-state index in [-0.39, 0.29) is 6.42 Å². The van der Waals surface area contributed by atoms with E-state index in [9.17, 15) is 22.8 Å².